The van der Waals surface area contributed by atoms with E-state index in [2.05, 4.69) is 16.9 Å². The van der Waals surface area contributed by atoms with Gasteiger partial charge >= 0.3 is 0 Å². The number of nitrogens with one attached hydrogen (secondary N) is 2. The van der Waals surface area contributed by atoms with Gasteiger partial charge in [-0.25, -0.2) is 0 Å². The van der Waals surface area contributed by atoms with Gasteiger partial charge in [-0.1, -0.05) is 0 Å². The molecule has 0 spiro atoms. The van der Waals surface area contributed by atoms with Gasteiger partial charge < -0.3 is 10.6 Å². The maximum absolute atomic E-state index is 3.53. The molecule has 0 aliphatic carbocycles. The lowest BCUT2D eigenvalue weighted by Crippen LogP contribution is -2.23. The van der Waals surface area contributed by atoms with Gasteiger partial charge in [-0.15, -0.1) is 0 Å². The second kappa shape index (κ2) is 5.01. The Morgan fingerprint density at radius 1 is 1.64 bits per heavy atom. The quantitative estimate of drug-likeness (QED) is 0.651. The van der Waals surface area contributed by atoms with Gasteiger partial charge in [0.25, 0.3) is 0 Å². The maximum atomic E-state index is 3.53. The molecule has 0 amide bonds. The van der Waals surface area contributed by atoms with Crippen LogP contribution in [-0.2, 0) is 0 Å². The van der Waals surface area contributed by atoms with Crippen LogP contribution in [0.2, 0.25) is 0 Å². The van der Waals surface area contributed by atoms with Crippen molar-refractivity contribution in [2.45, 2.75) is 12.5 Å². The van der Waals surface area contributed by atoms with Gasteiger partial charge in [0.05, 0.1) is 0 Å². The van der Waals surface area contributed by atoms with E-state index in [0.717, 1.165) is 18.5 Å². The summed E-state index contributed by atoms with van der Waals surface area (Å²) in [7, 11) is 2.03. The molecule has 1 fully saturated rings. The minimum Gasteiger partial charge on any atom is -0.319 e. The van der Waals surface area contributed by atoms with Crippen molar-refractivity contribution in [3.05, 3.63) is 0 Å². The zero-order valence-electron chi connectivity index (χ0n) is 7.39. The number of rotatable bonds is 4. The molecule has 0 aromatic heterocycles. The predicted molar refractivity (Wildman–Crippen MR) is 52.2 cm³/mol. The Bertz CT molecular complexity index is 96.3. The van der Waals surface area contributed by atoms with E-state index in [1.165, 1.54) is 18.7 Å². The number of hydrogen-bond acceptors (Lipinski definition) is 3. The van der Waals surface area contributed by atoms with Crippen LogP contribution in [0.3, 0.4) is 0 Å². The lowest BCUT2D eigenvalue weighted by molar-refractivity contribution is 0.534. The molecule has 2 N–H and O–H groups in total. The van der Waals surface area contributed by atoms with Crippen molar-refractivity contribution in [3.8, 4) is 0 Å². The van der Waals surface area contributed by atoms with E-state index in [0.29, 0.717) is 0 Å². The Morgan fingerprint density at radius 3 is 3.09 bits per heavy atom. The summed E-state index contributed by atoms with van der Waals surface area (Å²) in [6.45, 7) is 2.37. The number of hydrogen-bond donors (Lipinski definition) is 2. The molecule has 0 aromatic rings. The fourth-order valence-corrected chi connectivity index (χ4v) is 2.33. The minimum atomic E-state index is 0.767. The van der Waals surface area contributed by atoms with Crippen LogP contribution < -0.4 is 10.6 Å². The normalized spacial score (nSPS) is 31.1. The molecule has 0 saturated carbocycles. The van der Waals surface area contributed by atoms with Gasteiger partial charge in [0.15, 0.2) is 0 Å². The summed E-state index contributed by atoms with van der Waals surface area (Å²) in [5.41, 5.74) is 0. The van der Waals surface area contributed by atoms with Crippen molar-refractivity contribution in [1.82, 2.24) is 10.6 Å². The molecule has 1 heterocycles. The first kappa shape index (κ1) is 9.36. The Kier molecular flexibility index (Phi) is 4.26. The lowest BCUT2D eigenvalue weighted by Gasteiger charge is -2.07. The highest BCUT2D eigenvalue weighted by Crippen LogP contribution is 2.15. The molecule has 2 nitrogen and oxygen atoms in total. The molecule has 0 aromatic carbocycles. The van der Waals surface area contributed by atoms with Crippen molar-refractivity contribution < 1.29 is 0 Å². The molecule has 3 heteroatoms. The van der Waals surface area contributed by atoms with Gasteiger partial charge in [-0.2, -0.15) is 11.8 Å². The molecular weight excluding hydrogens is 156 g/mol. The summed E-state index contributed by atoms with van der Waals surface area (Å²) >= 11 is 1.94. The third-order valence-electron chi connectivity index (χ3n) is 2.17. The van der Waals surface area contributed by atoms with E-state index in [4.69, 9.17) is 0 Å². The van der Waals surface area contributed by atoms with Crippen molar-refractivity contribution in [2.75, 3.05) is 32.1 Å². The molecule has 0 radical (unpaired) electrons. The third kappa shape index (κ3) is 3.01. The molecule has 11 heavy (non-hydrogen) atoms. The zero-order chi connectivity index (χ0) is 8.10. The van der Waals surface area contributed by atoms with Crippen LogP contribution in [0.5, 0.6) is 0 Å². The fourth-order valence-electron chi connectivity index (χ4n) is 1.67. The summed E-state index contributed by atoms with van der Waals surface area (Å²) in [6.07, 6.45) is 3.52. The Labute approximate surface area is 73.5 Å². The standard InChI is InChI=1S/C8H18N2S/c1-9-4-7-3-8(6-11-2)10-5-7/h7-10H,3-6H2,1-2H3/t7-,8+/m1/s1. The van der Waals surface area contributed by atoms with E-state index >= 15 is 0 Å². The van der Waals surface area contributed by atoms with Crippen LogP contribution in [0.4, 0.5) is 0 Å². The molecule has 0 unspecified atom stereocenters. The van der Waals surface area contributed by atoms with Crippen molar-refractivity contribution in [1.29, 1.82) is 0 Å². The van der Waals surface area contributed by atoms with Gasteiger partial charge in [0, 0.05) is 11.8 Å². The first-order valence-corrected chi connectivity index (χ1v) is 5.63. The third-order valence-corrected chi connectivity index (χ3v) is 2.91. The second-order valence-corrected chi connectivity index (χ2v) is 4.13. The van der Waals surface area contributed by atoms with Crippen LogP contribution in [-0.4, -0.2) is 38.2 Å². The summed E-state index contributed by atoms with van der Waals surface area (Å²) in [5, 5.41) is 6.76. The van der Waals surface area contributed by atoms with E-state index in [1.54, 1.807) is 0 Å². The van der Waals surface area contributed by atoms with Crippen molar-refractivity contribution in [3.63, 3.8) is 0 Å². The van der Waals surface area contributed by atoms with Gasteiger partial charge in [0.1, 0.15) is 0 Å². The van der Waals surface area contributed by atoms with Crippen LogP contribution in [0.25, 0.3) is 0 Å². The first-order chi connectivity index (χ1) is 5.36. The number of thioether (sulfide) groups is 1. The van der Waals surface area contributed by atoms with E-state index in [1.807, 2.05) is 18.8 Å². The smallest absolute Gasteiger partial charge is 0.0161 e. The van der Waals surface area contributed by atoms with E-state index in [-0.39, 0.29) is 0 Å². The SMILES string of the molecule is CNC[C@@H]1CN[C@H](CSC)C1. The summed E-state index contributed by atoms with van der Waals surface area (Å²) in [6, 6.07) is 0.767. The average molecular weight is 174 g/mol. The highest BCUT2D eigenvalue weighted by atomic mass is 32.2. The van der Waals surface area contributed by atoms with Gasteiger partial charge in [0.2, 0.25) is 0 Å². The van der Waals surface area contributed by atoms with Crippen molar-refractivity contribution in [2.24, 2.45) is 5.92 Å². The molecule has 0 bridgehead atoms. The van der Waals surface area contributed by atoms with E-state index in [9.17, 15) is 0 Å². The van der Waals surface area contributed by atoms with Crippen LogP contribution in [0.1, 0.15) is 6.42 Å². The summed E-state index contributed by atoms with van der Waals surface area (Å²) in [4.78, 5) is 0. The van der Waals surface area contributed by atoms with E-state index < -0.39 is 0 Å². The molecule has 1 rings (SSSR count). The molecule has 66 valence electrons. The molecule has 1 saturated heterocycles. The summed E-state index contributed by atoms with van der Waals surface area (Å²) in [5.74, 6) is 2.12. The van der Waals surface area contributed by atoms with Crippen LogP contribution in [0.15, 0.2) is 0 Å². The largest absolute Gasteiger partial charge is 0.319 e. The highest BCUT2D eigenvalue weighted by Gasteiger charge is 2.22. The fraction of sp³-hybridized carbons (Fsp3) is 1.00. The Balaban J connectivity index is 2.12. The van der Waals surface area contributed by atoms with Gasteiger partial charge in [-0.3, -0.25) is 0 Å². The minimum absolute atomic E-state index is 0.767. The summed E-state index contributed by atoms with van der Waals surface area (Å²) < 4.78 is 0. The monoisotopic (exact) mass is 174 g/mol. The molecule has 2 atom stereocenters. The average Bonchev–Trinajstić information content (AvgIpc) is 2.38. The Hall–Kier alpha value is 0.270. The van der Waals surface area contributed by atoms with Crippen molar-refractivity contribution >= 4 is 11.8 Å². The predicted octanol–water partition coefficient (Wildman–Crippen LogP) is 0.547. The first-order valence-electron chi connectivity index (χ1n) is 4.23. The highest BCUT2D eigenvalue weighted by molar-refractivity contribution is 7.98. The second-order valence-electron chi connectivity index (χ2n) is 3.22. The van der Waals surface area contributed by atoms with Crippen LogP contribution >= 0.6 is 11.8 Å². The molecule has 1 aliphatic heterocycles. The van der Waals surface area contributed by atoms with Crippen LogP contribution in [0, 0.1) is 5.92 Å². The van der Waals surface area contributed by atoms with Gasteiger partial charge in [-0.05, 0) is 38.7 Å². The Morgan fingerprint density at radius 2 is 2.45 bits per heavy atom. The molecule has 1 aliphatic rings. The molecular formula is C8H18N2S. The maximum Gasteiger partial charge on any atom is 0.0161 e. The topological polar surface area (TPSA) is 24.1 Å². The zero-order valence-corrected chi connectivity index (χ0v) is 8.21. The lowest BCUT2D eigenvalue weighted by atomic mass is 10.1.